The first-order chi connectivity index (χ1) is 23.9. The van der Waals surface area contributed by atoms with E-state index >= 15 is 0 Å². The monoisotopic (exact) mass is 748 g/mol. The summed E-state index contributed by atoms with van der Waals surface area (Å²) in [5.74, 6) is -2.48. The van der Waals surface area contributed by atoms with E-state index in [9.17, 15) is 25.2 Å². The number of aliphatic hydroxyl groups is 4. The van der Waals surface area contributed by atoms with Crippen molar-refractivity contribution in [3.63, 3.8) is 0 Å². The second-order valence-electron chi connectivity index (χ2n) is 17.2. The van der Waals surface area contributed by atoms with Crippen LogP contribution in [0.15, 0.2) is 0 Å². The number of hydrogen-bond donors (Lipinski definition) is 5. The van der Waals surface area contributed by atoms with Crippen LogP contribution in [0.25, 0.3) is 0 Å². The summed E-state index contributed by atoms with van der Waals surface area (Å²) >= 11 is 0. The fourth-order valence-corrected chi connectivity index (χ4v) is 8.78. The predicted molar refractivity (Wildman–Crippen MR) is 196 cm³/mol. The lowest BCUT2D eigenvalue weighted by atomic mass is 9.77. The molecule has 0 aromatic carbocycles. The minimum atomic E-state index is -1.78. The third-order valence-corrected chi connectivity index (χ3v) is 12.3. The highest BCUT2D eigenvalue weighted by molar-refractivity contribution is 5.73. The Morgan fingerprint density at radius 3 is 2.17 bits per heavy atom. The lowest BCUT2D eigenvalue weighted by Crippen LogP contribution is -2.62. The van der Waals surface area contributed by atoms with Crippen LogP contribution in [0.5, 0.6) is 0 Å². The predicted octanol–water partition coefficient (Wildman–Crippen LogP) is 1.87. The van der Waals surface area contributed by atoms with Gasteiger partial charge in [0.2, 0.25) is 0 Å². The summed E-state index contributed by atoms with van der Waals surface area (Å²) < 4.78 is 37.9. The maximum atomic E-state index is 14.2. The van der Waals surface area contributed by atoms with E-state index in [2.05, 4.69) is 0 Å². The summed E-state index contributed by atoms with van der Waals surface area (Å²) in [5.41, 5.74) is 2.37. The summed E-state index contributed by atoms with van der Waals surface area (Å²) in [5, 5.41) is 47.3. The third-order valence-electron chi connectivity index (χ3n) is 12.3. The van der Waals surface area contributed by atoms with E-state index in [1.807, 2.05) is 72.5 Å². The van der Waals surface area contributed by atoms with Crippen molar-refractivity contribution in [3.05, 3.63) is 0 Å². The summed E-state index contributed by atoms with van der Waals surface area (Å²) in [6.45, 7) is 18.4. The molecule has 14 heteroatoms. The molecule has 3 aliphatic rings. The summed E-state index contributed by atoms with van der Waals surface area (Å²) in [4.78, 5) is 18.1. The average Bonchev–Trinajstić information content (AvgIpc) is 3.05. The van der Waals surface area contributed by atoms with Crippen molar-refractivity contribution in [3.8, 4) is 0 Å². The van der Waals surface area contributed by atoms with Crippen LogP contribution in [0.3, 0.4) is 0 Å². The number of nitrogens with two attached hydrogens (primary N) is 1. The first-order valence-corrected chi connectivity index (χ1v) is 19.2. The highest BCUT2D eigenvalue weighted by Gasteiger charge is 2.52. The van der Waals surface area contributed by atoms with E-state index in [1.165, 1.54) is 6.92 Å². The summed E-state index contributed by atoms with van der Waals surface area (Å²) in [6, 6.07) is -1.23. The standard InChI is InChI=1S/C38H73N3O11/c1-15-27-38(10,46)32(43)24(6)41(13)19-20(2)17-36(8,45)33(52-35-29(42)26(40(11)12)16-21(3)48-35)22(4)30(23(5)34(44)50-27)51-28-18-37(9,47-14)31(39)25(7)49-28/h20-33,35,42-43,45-46H,15-19,39H2,1-14H3/t20-,21-,22+,23-,24-,25+,26+,27-,28+,29-,30+,31-,32-,33-,35+,36-,37-,38-/m1/s1. The lowest BCUT2D eigenvalue weighted by Gasteiger charge is -2.49. The molecule has 52 heavy (non-hydrogen) atoms. The number of methoxy groups -OCH3 is 1. The minimum absolute atomic E-state index is 0.128. The van der Waals surface area contributed by atoms with E-state index in [0.29, 0.717) is 13.0 Å². The number of aliphatic hydroxyl groups excluding tert-OH is 2. The number of ether oxygens (including phenoxy) is 6. The molecule has 0 aromatic heterocycles. The summed E-state index contributed by atoms with van der Waals surface area (Å²) in [7, 11) is 7.23. The SMILES string of the molecule is CC[C@H]1OC(=O)[C@H](C)[C@@H](O[C@H]2C[C@@](C)(OC)[C@H](N)[C@H](C)O2)[C@H](C)[C@@H](O[C@@H]2O[C@H](C)C[C@H](N(C)C)[C@H]2O)[C@](C)(O)C[C@@H](C)CN(C)[C@H](C)[C@@H](O)[C@]1(C)O. The van der Waals surface area contributed by atoms with Gasteiger partial charge in [-0.1, -0.05) is 20.8 Å². The number of hydrogen-bond acceptors (Lipinski definition) is 14. The van der Waals surface area contributed by atoms with Crippen LogP contribution in [-0.4, -0.2) is 161 Å². The Morgan fingerprint density at radius 2 is 1.62 bits per heavy atom. The van der Waals surface area contributed by atoms with Crippen molar-refractivity contribution in [2.45, 2.75) is 185 Å². The Morgan fingerprint density at radius 1 is 1.00 bits per heavy atom. The molecule has 0 aromatic rings. The largest absolute Gasteiger partial charge is 0.459 e. The van der Waals surface area contributed by atoms with Gasteiger partial charge in [0, 0.05) is 38.1 Å². The van der Waals surface area contributed by atoms with Gasteiger partial charge in [0.05, 0.1) is 47.6 Å². The molecule has 3 fully saturated rings. The molecular weight excluding hydrogens is 674 g/mol. The Labute approximate surface area is 312 Å². The molecule has 0 bridgehead atoms. The zero-order valence-corrected chi connectivity index (χ0v) is 34.3. The first kappa shape index (κ1) is 45.4. The molecule has 3 rings (SSSR count). The Kier molecular flexibility index (Phi) is 15.6. The normalized spacial score (nSPS) is 49.6. The number of cyclic esters (lactones) is 1. The van der Waals surface area contributed by atoms with Crippen LogP contribution in [0.1, 0.15) is 94.9 Å². The smallest absolute Gasteiger partial charge is 0.311 e. The van der Waals surface area contributed by atoms with Crippen molar-refractivity contribution in [1.82, 2.24) is 9.80 Å². The van der Waals surface area contributed by atoms with Crippen molar-refractivity contribution < 1.29 is 53.6 Å². The van der Waals surface area contributed by atoms with Gasteiger partial charge in [0.25, 0.3) is 0 Å². The van der Waals surface area contributed by atoms with E-state index < -0.39 is 95.9 Å². The van der Waals surface area contributed by atoms with Gasteiger partial charge in [-0.2, -0.15) is 0 Å². The number of rotatable bonds is 7. The molecule has 0 spiro atoms. The highest BCUT2D eigenvalue weighted by Crippen LogP contribution is 2.40. The highest BCUT2D eigenvalue weighted by atomic mass is 16.7. The topological polar surface area (TPSA) is 186 Å². The number of nitrogens with zero attached hydrogens (tertiary/aromatic N) is 2. The van der Waals surface area contributed by atoms with Crippen molar-refractivity contribution >= 4 is 5.97 Å². The van der Waals surface area contributed by atoms with E-state index in [0.717, 1.165) is 0 Å². The fourth-order valence-electron chi connectivity index (χ4n) is 8.78. The van der Waals surface area contributed by atoms with Gasteiger partial charge in [-0.05, 0) is 94.8 Å². The quantitative estimate of drug-likeness (QED) is 0.238. The maximum Gasteiger partial charge on any atom is 0.311 e. The summed E-state index contributed by atoms with van der Waals surface area (Å²) in [6.07, 6.45) is -6.64. The van der Waals surface area contributed by atoms with E-state index in [4.69, 9.17) is 34.2 Å². The molecule has 3 saturated heterocycles. The fraction of sp³-hybridized carbons (Fsp3) is 0.974. The van der Waals surface area contributed by atoms with Crippen LogP contribution in [0, 0.1) is 17.8 Å². The van der Waals surface area contributed by atoms with Crippen molar-refractivity contribution in [2.24, 2.45) is 23.5 Å². The lowest BCUT2D eigenvalue weighted by molar-refractivity contribution is -0.311. The van der Waals surface area contributed by atoms with Gasteiger partial charge < -0.3 is 64.4 Å². The molecule has 0 radical (unpaired) electrons. The van der Waals surface area contributed by atoms with E-state index in [-0.39, 0.29) is 37.3 Å². The Balaban J connectivity index is 2.17. The number of carbonyl (C=O) groups is 1. The van der Waals surface area contributed by atoms with Crippen molar-refractivity contribution in [2.75, 3.05) is 34.8 Å². The Hall–Kier alpha value is -1.01. The second kappa shape index (κ2) is 17.8. The molecule has 306 valence electrons. The van der Waals surface area contributed by atoms with Gasteiger partial charge >= 0.3 is 5.97 Å². The third kappa shape index (κ3) is 10.0. The average molecular weight is 748 g/mol. The number of likely N-dealkylation sites (N-methyl/N-ethyl adjacent to an activating group) is 2. The van der Waals surface area contributed by atoms with Crippen LogP contribution in [0.4, 0.5) is 0 Å². The zero-order chi connectivity index (χ0) is 39.7. The van der Waals surface area contributed by atoms with Crippen LogP contribution in [0.2, 0.25) is 0 Å². The molecule has 14 nitrogen and oxygen atoms in total. The molecule has 0 unspecified atom stereocenters. The van der Waals surface area contributed by atoms with Crippen molar-refractivity contribution in [1.29, 1.82) is 0 Å². The number of esters is 1. The Bertz CT molecular complexity index is 1150. The van der Waals surface area contributed by atoms with Gasteiger partial charge in [-0.3, -0.25) is 4.79 Å². The van der Waals surface area contributed by atoms with Gasteiger partial charge in [0.1, 0.15) is 23.9 Å². The van der Waals surface area contributed by atoms with E-state index in [1.54, 1.807) is 27.9 Å². The molecule has 0 amide bonds. The van der Waals surface area contributed by atoms with Gasteiger partial charge in [-0.15, -0.1) is 0 Å². The van der Waals surface area contributed by atoms with Crippen LogP contribution < -0.4 is 5.73 Å². The molecular formula is C38H73N3O11. The molecule has 3 aliphatic heterocycles. The molecule has 3 heterocycles. The second-order valence-corrected chi connectivity index (χ2v) is 17.2. The van der Waals surface area contributed by atoms with Crippen LogP contribution in [-0.2, 0) is 33.2 Å². The molecule has 18 atom stereocenters. The zero-order valence-electron chi connectivity index (χ0n) is 34.3. The van der Waals surface area contributed by atoms with Crippen LogP contribution >= 0.6 is 0 Å². The minimum Gasteiger partial charge on any atom is -0.459 e. The molecule has 0 aliphatic carbocycles. The number of carbonyl (C=O) groups excluding carboxylic acids is 1. The first-order valence-electron chi connectivity index (χ1n) is 19.2. The van der Waals surface area contributed by atoms with Gasteiger partial charge in [0.15, 0.2) is 12.6 Å². The van der Waals surface area contributed by atoms with Gasteiger partial charge in [-0.25, -0.2) is 0 Å². The molecule has 6 N–H and O–H groups in total. The molecule has 0 saturated carbocycles. The maximum absolute atomic E-state index is 14.2.